The van der Waals surface area contributed by atoms with Crippen molar-refractivity contribution in [2.45, 2.75) is 30.7 Å². The number of nitrogens with one attached hydrogen (secondary N) is 1. The van der Waals surface area contributed by atoms with E-state index in [0.29, 0.717) is 24.5 Å². The first kappa shape index (κ1) is 22.0. The monoisotopic (exact) mass is 458 g/mol. The maximum Gasteiger partial charge on any atom is 0.316 e. The summed E-state index contributed by atoms with van der Waals surface area (Å²) >= 11 is 11.8. The van der Waals surface area contributed by atoms with Crippen molar-refractivity contribution in [1.29, 1.82) is 0 Å². The van der Waals surface area contributed by atoms with Crippen LogP contribution in [-0.2, 0) is 23.0 Å². The number of sulfonamides is 1. The van der Waals surface area contributed by atoms with Gasteiger partial charge in [0.25, 0.3) is 4.92 Å². The maximum absolute atomic E-state index is 12.4. The van der Waals surface area contributed by atoms with E-state index in [1.807, 2.05) is 6.07 Å². The predicted octanol–water partition coefficient (Wildman–Crippen LogP) is 3.91. The third-order valence-corrected chi connectivity index (χ3v) is 7.06. The lowest BCUT2D eigenvalue weighted by molar-refractivity contribution is -0.729. The lowest BCUT2D eigenvalue weighted by Crippen LogP contribution is -2.32. The van der Waals surface area contributed by atoms with Gasteiger partial charge in [0.15, 0.2) is 0 Å². The van der Waals surface area contributed by atoms with E-state index in [9.17, 15) is 13.3 Å². The number of hydrogen-bond acceptors (Lipinski definition) is 4. The first-order valence-electron chi connectivity index (χ1n) is 9.21. The summed E-state index contributed by atoms with van der Waals surface area (Å²) in [6.07, 6.45) is 2.37. The zero-order valence-electron chi connectivity index (χ0n) is 15.6. The summed E-state index contributed by atoms with van der Waals surface area (Å²) in [5.74, 6) is 0. The number of fused-ring (bicyclic) bond motifs is 1. The van der Waals surface area contributed by atoms with E-state index in [4.69, 9.17) is 28.4 Å². The summed E-state index contributed by atoms with van der Waals surface area (Å²) in [4.78, 5) is 13.2. The highest BCUT2D eigenvalue weighted by atomic mass is 35.5. The summed E-state index contributed by atoms with van der Waals surface area (Å²) in [7, 11) is -3.68. The first-order chi connectivity index (χ1) is 13.8. The maximum atomic E-state index is 12.4. The number of rotatable bonds is 8. The molecule has 0 saturated heterocycles. The highest BCUT2D eigenvalue weighted by Gasteiger charge is 2.21. The summed E-state index contributed by atoms with van der Waals surface area (Å²) in [6.45, 7) is 2.72. The molecular weight excluding hydrogens is 437 g/mol. The van der Waals surface area contributed by atoms with Crippen molar-refractivity contribution >= 4 is 38.9 Å². The van der Waals surface area contributed by atoms with Gasteiger partial charge in [0.1, 0.15) is 4.90 Å². The molecule has 29 heavy (non-hydrogen) atoms. The van der Waals surface area contributed by atoms with Gasteiger partial charge in [-0.3, -0.25) is 4.90 Å². The molecule has 156 valence electrons. The largest absolute Gasteiger partial charge is 0.316 e. The molecule has 2 N–H and O–H groups in total. The second-order valence-electron chi connectivity index (χ2n) is 6.93. The molecule has 0 aromatic heterocycles. The average Bonchev–Trinajstić information content (AvgIpc) is 2.66. The highest BCUT2D eigenvalue weighted by molar-refractivity contribution is 7.89. The quantitative estimate of drug-likeness (QED) is 0.462. The van der Waals surface area contributed by atoms with Gasteiger partial charge in [0.05, 0.1) is 9.93 Å². The van der Waals surface area contributed by atoms with E-state index < -0.39 is 10.0 Å². The van der Waals surface area contributed by atoms with Crippen LogP contribution in [0.5, 0.6) is 0 Å². The van der Waals surface area contributed by atoms with Gasteiger partial charge >= 0.3 is 5.69 Å². The molecule has 2 aromatic carbocycles. The van der Waals surface area contributed by atoms with E-state index in [2.05, 4.69) is 9.62 Å². The molecule has 0 amide bonds. The number of benzene rings is 2. The number of halogens is 2. The lowest BCUT2D eigenvalue weighted by atomic mass is 9.99. The molecule has 1 aliphatic heterocycles. The van der Waals surface area contributed by atoms with Crippen LogP contribution in [0.25, 0.3) is 0 Å². The molecule has 7 nitrogen and oxygen atoms in total. The van der Waals surface area contributed by atoms with Gasteiger partial charge in [-0.2, -0.15) is 0 Å². The molecule has 0 saturated carbocycles. The molecule has 0 radical (unpaired) electrons. The van der Waals surface area contributed by atoms with Crippen LogP contribution in [0.3, 0.4) is 0 Å². The second kappa shape index (κ2) is 9.40. The van der Waals surface area contributed by atoms with Crippen LogP contribution < -0.4 is 4.72 Å². The van der Waals surface area contributed by atoms with Crippen LogP contribution in [0.1, 0.15) is 24.0 Å². The third kappa shape index (κ3) is 5.67. The molecule has 1 aliphatic rings. The Morgan fingerprint density at radius 2 is 1.90 bits per heavy atom. The molecule has 0 unspecified atom stereocenters. The Labute approximate surface area is 179 Å². The fraction of sp³-hybridized carbons (Fsp3) is 0.368. The minimum atomic E-state index is -3.68. The number of unbranched alkanes of at least 4 members (excludes halogenated alkanes) is 1. The predicted molar refractivity (Wildman–Crippen MR) is 111 cm³/mol. The minimum absolute atomic E-state index is 0.0170. The van der Waals surface area contributed by atoms with Gasteiger partial charge in [-0.15, -0.1) is 0 Å². The minimum Gasteiger partial charge on any atom is -0.299 e. The molecule has 0 spiro atoms. The van der Waals surface area contributed by atoms with Crippen LogP contribution in [0.4, 0.5) is 5.69 Å². The first-order valence-corrected chi connectivity index (χ1v) is 11.5. The van der Waals surface area contributed by atoms with Crippen LogP contribution in [0.2, 0.25) is 10.0 Å². The summed E-state index contributed by atoms with van der Waals surface area (Å²) < 4.78 is 27.3. The normalized spacial score (nSPS) is 14.6. The second-order valence-corrected chi connectivity index (χ2v) is 9.51. The van der Waals surface area contributed by atoms with Crippen LogP contribution >= 0.6 is 23.2 Å². The third-order valence-electron chi connectivity index (χ3n) is 4.88. The molecule has 0 fully saturated rings. The smallest absolute Gasteiger partial charge is 0.299 e. The van der Waals surface area contributed by atoms with Crippen molar-refractivity contribution in [3.63, 3.8) is 0 Å². The zero-order valence-corrected chi connectivity index (χ0v) is 18.0. The lowest BCUT2D eigenvalue weighted by Gasteiger charge is -2.28. The Bertz CT molecular complexity index is 1010. The number of hydrogen-bond donors (Lipinski definition) is 2. The summed E-state index contributed by atoms with van der Waals surface area (Å²) in [5.41, 5.74) is 2.43. The van der Waals surface area contributed by atoms with Crippen molar-refractivity contribution < 1.29 is 18.5 Å². The molecule has 2 aromatic rings. The van der Waals surface area contributed by atoms with Crippen LogP contribution in [-0.4, -0.2) is 43.1 Å². The van der Waals surface area contributed by atoms with Gasteiger partial charge in [0, 0.05) is 36.8 Å². The van der Waals surface area contributed by atoms with Gasteiger partial charge in [-0.05, 0) is 55.1 Å². The summed E-state index contributed by atoms with van der Waals surface area (Å²) in [6, 6.07) is 9.48. The Balaban J connectivity index is 1.46. The molecule has 0 aliphatic carbocycles. The Morgan fingerprint density at radius 1 is 1.10 bits per heavy atom. The highest BCUT2D eigenvalue weighted by Crippen LogP contribution is 2.25. The van der Waals surface area contributed by atoms with Crippen molar-refractivity contribution in [2.24, 2.45) is 0 Å². The SMILES string of the molecule is O=[N+](O)c1ccc2c(c1)CN(CCCCNS(=O)(=O)c1ccc(Cl)cc1Cl)CC2. The average molecular weight is 459 g/mol. The topological polar surface area (TPSA) is 89.7 Å². The Kier molecular flexibility index (Phi) is 7.13. The molecule has 0 bridgehead atoms. The fourth-order valence-electron chi connectivity index (χ4n) is 3.35. The van der Waals surface area contributed by atoms with Gasteiger partial charge in [-0.25, -0.2) is 18.3 Å². The number of nitrogens with zero attached hydrogens (tertiary/aromatic N) is 2. The summed E-state index contributed by atoms with van der Waals surface area (Å²) in [5, 5.41) is 9.54. The van der Waals surface area contributed by atoms with Crippen LogP contribution in [0.15, 0.2) is 41.3 Å². The van der Waals surface area contributed by atoms with Crippen LogP contribution in [0, 0.1) is 4.91 Å². The van der Waals surface area contributed by atoms with Gasteiger partial charge in [0.2, 0.25) is 10.0 Å². The Morgan fingerprint density at radius 3 is 2.62 bits per heavy atom. The van der Waals surface area contributed by atoms with Crippen molar-refractivity contribution in [3.8, 4) is 0 Å². The van der Waals surface area contributed by atoms with Crippen molar-refractivity contribution in [1.82, 2.24) is 9.62 Å². The van der Waals surface area contributed by atoms with E-state index in [-0.39, 0.29) is 20.5 Å². The molecule has 0 atom stereocenters. The fourth-order valence-corrected chi connectivity index (χ4v) is 5.19. The van der Waals surface area contributed by atoms with Gasteiger partial charge < -0.3 is 0 Å². The van der Waals surface area contributed by atoms with Gasteiger partial charge in [-0.1, -0.05) is 29.3 Å². The molecular formula is C19H22Cl2N3O4S+. The van der Waals surface area contributed by atoms with E-state index in [1.54, 1.807) is 12.1 Å². The van der Waals surface area contributed by atoms with E-state index >= 15 is 0 Å². The Hall–Kier alpha value is -1.71. The van der Waals surface area contributed by atoms with E-state index in [0.717, 1.165) is 31.5 Å². The van der Waals surface area contributed by atoms with Crippen molar-refractivity contribution in [3.05, 3.63) is 62.5 Å². The van der Waals surface area contributed by atoms with Crippen molar-refractivity contribution in [2.75, 3.05) is 19.6 Å². The molecule has 3 rings (SSSR count). The molecule has 10 heteroatoms. The molecule has 1 heterocycles. The standard InChI is InChI=1S/C19H22Cl2N3O4S/c20-16-4-6-19(18(21)12-16)29(27,28)22-8-1-2-9-23-10-7-14-3-5-17(24(25)26)11-15(14)13-23/h3-6,11-12,22H,1-2,7-10,13H2,(H,25,26)/q+1. The van der Waals surface area contributed by atoms with E-state index in [1.165, 1.54) is 23.8 Å². The zero-order chi connectivity index (χ0) is 21.0.